The van der Waals surface area contributed by atoms with E-state index in [4.69, 9.17) is 0 Å². The largest absolute Gasteiger partial charge is 0.393 e. The Kier molecular flexibility index (Phi) is 3.81. The molecular formula is C21H31NO. The van der Waals surface area contributed by atoms with E-state index in [-0.39, 0.29) is 6.10 Å². The smallest absolute Gasteiger partial charge is 0.0601 e. The fourth-order valence-corrected chi connectivity index (χ4v) is 5.38. The summed E-state index contributed by atoms with van der Waals surface area (Å²) in [6.07, 6.45) is 6.96. The summed E-state index contributed by atoms with van der Waals surface area (Å²) in [5, 5.41) is 10.7. The molecule has 126 valence electrons. The summed E-state index contributed by atoms with van der Waals surface area (Å²) in [4.78, 5) is 2.74. The maximum atomic E-state index is 10.7. The third-order valence-corrected chi connectivity index (χ3v) is 6.26. The predicted octanol–water partition coefficient (Wildman–Crippen LogP) is 4.11. The predicted molar refractivity (Wildman–Crippen MR) is 94.5 cm³/mol. The lowest BCUT2D eigenvalue weighted by Gasteiger charge is -2.49. The zero-order chi connectivity index (χ0) is 16.2. The van der Waals surface area contributed by atoms with Gasteiger partial charge in [-0.1, -0.05) is 45.4 Å². The minimum atomic E-state index is -0.0963. The van der Waals surface area contributed by atoms with Gasteiger partial charge in [0.15, 0.2) is 0 Å². The van der Waals surface area contributed by atoms with Crippen LogP contribution in [-0.4, -0.2) is 28.7 Å². The van der Waals surface area contributed by atoms with Gasteiger partial charge in [0, 0.05) is 24.5 Å². The van der Waals surface area contributed by atoms with Gasteiger partial charge >= 0.3 is 0 Å². The van der Waals surface area contributed by atoms with E-state index in [2.05, 4.69) is 43.9 Å². The summed E-state index contributed by atoms with van der Waals surface area (Å²) in [5.74, 6) is 0.533. The Labute approximate surface area is 140 Å². The van der Waals surface area contributed by atoms with Crippen molar-refractivity contribution in [3.8, 4) is 0 Å². The third kappa shape index (κ3) is 2.85. The van der Waals surface area contributed by atoms with Crippen LogP contribution >= 0.6 is 0 Å². The average molecular weight is 313 g/mol. The molecular weight excluding hydrogens is 282 g/mol. The number of nitrogens with zero attached hydrogens (tertiary/aromatic N) is 1. The molecule has 4 rings (SSSR count). The van der Waals surface area contributed by atoms with E-state index < -0.39 is 0 Å². The van der Waals surface area contributed by atoms with Gasteiger partial charge in [0.2, 0.25) is 0 Å². The summed E-state index contributed by atoms with van der Waals surface area (Å²) in [6, 6.07) is 8.23. The molecule has 1 aromatic rings. The van der Waals surface area contributed by atoms with Gasteiger partial charge in [0.25, 0.3) is 0 Å². The van der Waals surface area contributed by atoms with Crippen molar-refractivity contribution in [2.75, 3.05) is 6.54 Å². The van der Waals surface area contributed by atoms with Crippen LogP contribution < -0.4 is 0 Å². The molecule has 1 saturated heterocycles. The molecule has 1 aromatic carbocycles. The van der Waals surface area contributed by atoms with Gasteiger partial charge in [-0.3, -0.25) is 4.90 Å². The number of fused-ring (bicyclic) bond motifs is 5. The topological polar surface area (TPSA) is 23.5 Å². The van der Waals surface area contributed by atoms with Crippen molar-refractivity contribution in [2.24, 2.45) is 11.3 Å². The van der Waals surface area contributed by atoms with Crippen molar-refractivity contribution in [1.29, 1.82) is 0 Å². The second-order valence-corrected chi connectivity index (χ2v) is 9.24. The molecule has 3 aliphatic rings. The number of aliphatic hydroxyl groups is 1. The second-order valence-electron chi connectivity index (χ2n) is 9.24. The number of aliphatic hydroxyl groups excluding tert-OH is 1. The van der Waals surface area contributed by atoms with Crippen LogP contribution in [0.1, 0.15) is 69.2 Å². The first-order valence-corrected chi connectivity index (χ1v) is 9.48. The molecule has 2 fully saturated rings. The minimum Gasteiger partial charge on any atom is -0.393 e. The van der Waals surface area contributed by atoms with Crippen LogP contribution in [0.3, 0.4) is 0 Å². The Hall–Kier alpha value is -0.860. The molecule has 0 amide bonds. The van der Waals surface area contributed by atoms with Gasteiger partial charge in [-0.15, -0.1) is 0 Å². The fourth-order valence-electron chi connectivity index (χ4n) is 5.38. The third-order valence-electron chi connectivity index (χ3n) is 6.26. The van der Waals surface area contributed by atoms with Crippen LogP contribution in [0.5, 0.6) is 0 Å². The average Bonchev–Trinajstić information content (AvgIpc) is 2.96. The lowest BCUT2D eigenvalue weighted by Crippen LogP contribution is -2.52. The van der Waals surface area contributed by atoms with Gasteiger partial charge in [-0.25, -0.2) is 0 Å². The zero-order valence-corrected chi connectivity index (χ0v) is 14.9. The molecule has 0 aromatic heterocycles. The molecule has 1 aliphatic carbocycles. The molecule has 2 aliphatic heterocycles. The number of hydrogen-bond donors (Lipinski definition) is 1. The van der Waals surface area contributed by atoms with E-state index in [9.17, 15) is 5.11 Å². The Balaban J connectivity index is 1.66. The van der Waals surface area contributed by atoms with E-state index in [1.54, 1.807) is 0 Å². The first kappa shape index (κ1) is 15.7. The Bertz CT molecular complexity index is 588. The SMILES string of the molecule is CC(C)(C)Cc1ccc2c(c1)C1CC(O)C3CCCC3N1CC2. The first-order valence-electron chi connectivity index (χ1n) is 9.48. The monoisotopic (exact) mass is 313 g/mol. The van der Waals surface area contributed by atoms with E-state index >= 15 is 0 Å². The molecule has 1 N–H and O–H groups in total. The summed E-state index contributed by atoms with van der Waals surface area (Å²) < 4.78 is 0. The Morgan fingerprint density at radius 2 is 2.04 bits per heavy atom. The van der Waals surface area contributed by atoms with Crippen molar-refractivity contribution >= 4 is 0 Å². The molecule has 4 unspecified atom stereocenters. The van der Waals surface area contributed by atoms with Gasteiger partial charge in [-0.2, -0.15) is 0 Å². The van der Waals surface area contributed by atoms with Crippen LogP contribution in [0.15, 0.2) is 18.2 Å². The van der Waals surface area contributed by atoms with E-state index in [1.165, 1.54) is 48.9 Å². The normalized spacial score (nSPS) is 33.9. The number of rotatable bonds is 1. The van der Waals surface area contributed by atoms with Crippen LogP contribution in [0.25, 0.3) is 0 Å². The van der Waals surface area contributed by atoms with Crippen molar-refractivity contribution in [3.05, 3.63) is 34.9 Å². The van der Waals surface area contributed by atoms with Crippen molar-refractivity contribution in [2.45, 2.75) is 77.5 Å². The molecule has 0 radical (unpaired) electrons. The highest BCUT2D eigenvalue weighted by Gasteiger charge is 2.46. The quantitative estimate of drug-likeness (QED) is 0.843. The molecule has 4 atom stereocenters. The van der Waals surface area contributed by atoms with E-state index in [0.717, 1.165) is 12.8 Å². The highest BCUT2D eigenvalue weighted by molar-refractivity contribution is 5.38. The van der Waals surface area contributed by atoms with Crippen LogP contribution in [0.4, 0.5) is 0 Å². The van der Waals surface area contributed by atoms with Crippen molar-refractivity contribution in [1.82, 2.24) is 4.90 Å². The summed E-state index contributed by atoms with van der Waals surface area (Å²) >= 11 is 0. The fraction of sp³-hybridized carbons (Fsp3) is 0.714. The molecule has 0 bridgehead atoms. The molecule has 0 spiro atoms. The van der Waals surface area contributed by atoms with Gasteiger partial charge in [0.05, 0.1) is 6.10 Å². The van der Waals surface area contributed by atoms with Crippen LogP contribution in [-0.2, 0) is 12.8 Å². The lowest BCUT2D eigenvalue weighted by molar-refractivity contribution is -0.0416. The zero-order valence-electron chi connectivity index (χ0n) is 14.9. The second kappa shape index (κ2) is 5.60. The highest BCUT2D eigenvalue weighted by Crippen LogP contribution is 2.47. The summed E-state index contributed by atoms with van der Waals surface area (Å²) in [7, 11) is 0. The van der Waals surface area contributed by atoms with Crippen molar-refractivity contribution in [3.63, 3.8) is 0 Å². The minimum absolute atomic E-state index is 0.0963. The number of piperidine rings is 1. The van der Waals surface area contributed by atoms with Gasteiger partial charge in [0.1, 0.15) is 0 Å². The molecule has 2 heteroatoms. The van der Waals surface area contributed by atoms with Gasteiger partial charge < -0.3 is 5.11 Å². The maximum absolute atomic E-state index is 10.7. The molecule has 2 nitrogen and oxygen atoms in total. The number of benzene rings is 1. The Morgan fingerprint density at radius 3 is 2.83 bits per heavy atom. The Morgan fingerprint density at radius 1 is 1.22 bits per heavy atom. The first-order chi connectivity index (χ1) is 10.9. The molecule has 1 saturated carbocycles. The van der Waals surface area contributed by atoms with Crippen molar-refractivity contribution < 1.29 is 5.11 Å². The highest BCUT2D eigenvalue weighted by atomic mass is 16.3. The molecule has 2 heterocycles. The summed E-state index contributed by atoms with van der Waals surface area (Å²) in [5.41, 5.74) is 4.82. The standard InChI is InChI=1S/C21H31NO/c1-21(2,3)13-14-7-8-15-9-10-22-18-6-4-5-16(18)20(23)12-19(22)17(15)11-14/h7-8,11,16,18-20,23H,4-6,9-10,12-13H2,1-3H3. The lowest BCUT2D eigenvalue weighted by atomic mass is 9.77. The van der Waals surface area contributed by atoms with E-state index in [1.807, 2.05) is 0 Å². The summed E-state index contributed by atoms with van der Waals surface area (Å²) in [6.45, 7) is 8.12. The molecule has 23 heavy (non-hydrogen) atoms. The maximum Gasteiger partial charge on any atom is 0.0601 e. The van der Waals surface area contributed by atoms with E-state index in [0.29, 0.717) is 23.4 Å². The van der Waals surface area contributed by atoms with Gasteiger partial charge in [-0.05, 0) is 54.2 Å². The number of hydrogen-bond acceptors (Lipinski definition) is 2. The van der Waals surface area contributed by atoms with Crippen LogP contribution in [0.2, 0.25) is 0 Å². The van der Waals surface area contributed by atoms with Crippen LogP contribution in [0, 0.1) is 11.3 Å².